The lowest BCUT2D eigenvalue weighted by Crippen LogP contribution is -2.26. The zero-order chi connectivity index (χ0) is 69.3. The lowest BCUT2D eigenvalue weighted by Gasteiger charge is -2.34. The number of aryl methyl sites for hydroxylation is 2. The minimum absolute atomic E-state index is 0.00311. The molecule has 0 amide bonds. The van der Waals surface area contributed by atoms with Crippen molar-refractivity contribution in [3.63, 3.8) is 0 Å². The highest BCUT2D eigenvalue weighted by atomic mass is 15.2. The molecule has 4 heteroatoms. The molecule has 0 atom stereocenters. The van der Waals surface area contributed by atoms with Crippen LogP contribution in [-0.4, -0.2) is 0 Å². The second-order valence-electron chi connectivity index (χ2n) is 28.0. The molecule has 0 saturated heterocycles. The van der Waals surface area contributed by atoms with Crippen molar-refractivity contribution >= 4 is 68.2 Å². The number of unbranched alkanes of at least 4 members (excludes halogenated alkanes) is 6. The molecule has 0 N–H and O–H groups in total. The van der Waals surface area contributed by atoms with E-state index in [1.165, 1.54) is 132 Å². The lowest BCUT2D eigenvalue weighted by atomic mass is 9.70. The van der Waals surface area contributed by atoms with Crippen LogP contribution in [0.25, 0.3) is 55.6 Å². The van der Waals surface area contributed by atoms with Crippen molar-refractivity contribution in [1.82, 2.24) is 0 Å². The van der Waals surface area contributed by atoms with Gasteiger partial charge in [0, 0.05) is 73.7 Å². The smallest absolute Gasteiger partial charge is 0.0467 e. The van der Waals surface area contributed by atoms with Gasteiger partial charge in [-0.05, 0) is 249 Å². The van der Waals surface area contributed by atoms with Gasteiger partial charge in [0.05, 0.1) is 0 Å². The molecule has 2 aliphatic rings. The van der Waals surface area contributed by atoms with Gasteiger partial charge in [0.25, 0.3) is 0 Å². The molecule has 14 aromatic rings. The van der Waals surface area contributed by atoms with Crippen LogP contribution in [0.2, 0.25) is 0 Å². The minimum Gasteiger partial charge on any atom is -0.311 e. The number of hydrogen-bond acceptors (Lipinski definition) is 4. The van der Waals surface area contributed by atoms with Crippen LogP contribution >= 0.6 is 0 Å². The summed E-state index contributed by atoms with van der Waals surface area (Å²) in [5.74, 6) is 0. The number of fused-ring (bicyclic) bond motifs is 4. The Hall–Kier alpha value is -11.7. The number of para-hydroxylation sites is 4. The van der Waals surface area contributed by atoms with Crippen molar-refractivity contribution in [2.24, 2.45) is 0 Å². The Morgan fingerprint density at radius 3 is 0.883 bits per heavy atom. The minimum atomic E-state index is -0.00311. The highest BCUT2D eigenvalue weighted by molar-refractivity contribution is 5.89. The molecule has 0 aromatic heterocycles. The lowest BCUT2D eigenvalue weighted by molar-refractivity contribution is 0.401. The van der Waals surface area contributed by atoms with Gasteiger partial charge in [-0.3, -0.25) is 0 Å². The Labute approximate surface area is 610 Å². The zero-order valence-electron chi connectivity index (χ0n) is 59.3. The monoisotopic (exact) mass is 1330 g/mol. The number of hydrogen-bond donors (Lipinski definition) is 0. The molecule has 0 fully saturated rings. The van der Waals surface area contributed by atoms with Crippen molar-refractivity contribution in [2.75, 3.05) is 19.6 Å². The van der Waals surface area contributed by atoms with Gasteiger partial charge < -0.3 is 19.6 Å². The summed E-state index contributed by atoms with van der Waals surface area (Å²) in [4.78, 5) is 9.52. The summed E-state index contributed by atoms with van der Waals surface area (Å²) in [6.45, 7) is 4.65. The Morgan fingerprint density at radius 2 is 0.515 bits per heavy atom. The predicted molar refractivity (Wildman–Crippen MR) is 438 cm³/mol. The van der Waals surface area contributed by atoms with E-state index in [-0.39, 0.29) is 5.41 Å². The summed E-state index contributed by atoms with van der Waals surface area (Å²) in [5, 5.41) is 0. The first-order chi connectivity index (χ1) is 51.0. The molecule has 0 aliphatic heterocycles. The maximum absolute atomic E-state index is 2.57. The van der Waals surface area contributed by atoms with Crippen molar-refractivity contribution in [1.29, 1.82) is 0 Å². The normalized spacial score (nSPS) is 12.4. The molecule has 0 spiro atoms. The van der Waals surface area contributed by atoms with Gasteiger partial charge in [-0.1, -0.05) is 271 Å². The number of nitrogens with zero attached hydrogens (tertiary/aromatic N) is 4. The second-order valence-corrected chi connectivity index (χ2v) is 28.0. The van der Waals surface area contributed by atoms with E-state index >= 15 is 0 Å². The summed E-state index contributed by atoms with van der Waals surface area (Å²) in [5.41, 5.74) is 31.7. The van der Waals surface area contributed by atoms with Gasteiger partial charge in [-0.15, -0.1) is 0 Å². The van der Waals surface area contributed by atoms with Crippen LogP contribution < -0.4 is 19.6 Å². The molecule has 4 nitrogen and oxygen atoms in total. The van der Waals surface area contributed by atoms with Gasteiger partial charge in [-0.25, -0.2) is 0 Å². The van der Waals surface area contributed by atoms with Gasteiger partial charge in [-0.2, -0.15) is 0 Å². The van der Waals surface area contributed by atoms with E-state index < -0.39 is 0 Å². The fourth-order valence-corrected chi connectivity index (χ4v) is 16.1. The van der Waals surface area contributed by atoms with E-state index in [9.17, 15) is 0 Å². The first-order valence-electron chi connectivity index (χ1n) is 37.5. The Balaban J connectivity index is 0.675. The Bertz CT molecular complexity index is 5080. The molecule has 504 valence electrons. The molecule has 0 bridgehead atoms. The summed E-state index contributed by atoms with van der Waals surface area (Å²) >= 11 is 0. The summed E-state index contributed by atoms with van der Waals surface area (Å²) in [6.07, 6.45) is 14.8. The second kappa shape index (κ2) is 30.2. The highest BCUT2D eigenvalue weighted by Crippen LogP contribution is 2.56. The van der Waals surface area contributed by atoms with E-state index in [4.69, 9.17) is 0 Å². The average molecular weight is 1330 g/mol. The van der Waals surface area contributed by atoms with Crippen molar-refractivity contribution in [3.8, 4) is 55.6 Å². The van der Waals surface area contributed by atoms with Crippen LogP contribution in [0, 0.1) is 0 Å². The molecule has 2 aliphatic carbocycles. The van der Waals surface area contributed by atoms with E-state index in [0.29, 0.717) is 0 Å². The standard InChI is InChI=1S/C99H88N4/c1-3-5-7-23-68-99(69-24-8-6-4-2)97-37-22-21-36-95(97)96-67-66-94(72-98(96)99)102(86-33-19-12-20-34-86)90-60-48-76(49-61-90)78-52-64-92(65-53-78)103(93-35-25-26-80(71-93)82-41-39-79-38-40-81(79)70-82)91-62-50-77(51-63-91)75-46-58-89(59-47-75)101(85-31-17-11-18-32-85)88-56-44-74(45-57-88)73-42-54-87(55-43-73)100(83-27-13-9-14-28-83)84-29-15-10-16-30-84/h9-22,25-37,39,41-67,70-72H,3-8,23-24,38,40,68-69H2,1-2H3. The van der Waals surface area contributed by atoms with E-state index in [1.807, 2.05) is 0 Å². The summed E-state index contributed by atoms with van der Waals surface area (Å²) in [7, 11) is 0. The molecule has 0 unspecified atom stereocenters. The molecule has 0 radical (unpaired) electrons. The van der Waals surface area contributed by atoms with Crippen molar-refractivity contribution in [2.45, 2.75) is 96.3 Å². The van der Waals surface area contributed by atoms with Crippen LogP contribution in [0.3, 0.4) is 0 Å². The maximum atomic E-state index is 2.57. The van der Waals surface area contributed by atoms with Gasteiger partial charge in [0.1, 0.15) is 0 Å². The third kappa shape index (κ3) is 13.7. The topological polar surface area (TPSA) is 13.0 Å². The first-order valence-corrected chi connectivity index (χ1v) is 37.5. The Kier molecular flexibility index (Phi) is 19.3. The van der Waals surface area contributed by atoms with Crippen LogP contribution in [0.1, 0.15) is 100 Å². The first kappa shape index (κ1) is 65.9. The fraction of sp³-hybridized carbons (Fsp3) is 0.152. The molecule has 14 aromatic carbocycles. The van der Waals surface area contributed by atoms with Crippen LogP contribution in [0.5, 0.6) is 0 Å². The predicted octanol–water partition coefficient (Wildman–Crippen LogP) is 28.5. The van der Waals surface area contributed by atoms with Crippen LogP contribution in [-0.2, 0) is 18.3 Å². The van der Waals surface area contributed by atoms with Crippen molar-refractivity contribution < 1.29 is 0 Å². The van der Waals surface area contributed by atoms with Crippen molar-refractivity contribution in [3.05, 3.63) is 374 Å². The SMILES string of the molecule is CCCCCCC1(CCCCCC)c2ccccc2-c2ccc(N(c3ccccc3)c3ccc(-c4ccc(N(c5ccc(-c6ccc(N(c7ccccc7)c7ccc(-c8ccc(N(c9ccccc9)c9ccccc9)cc8)cc7)cc6)cc5)c5cccc(-c6ccc7c(c6)CC7)c5)cc4)cc3)cc21. The quantitative estimate of drug-likeness (QED) is 0.0501. The number of rotatable bonds is 26. The number of anilines is 12. The largest absolute Gasteiger partial charge is 0.311 e. The van der Waals surface area contributed by atoms with Crippen LogP contribution in [0.15, 0.2) is 352 Å². The zero-order valence-corrected chi connectivity index (χ0v) is 59.3. The van der Waals surface area contributed by atoms with Gasteiger partial charge >= 0.3 is 0 Å². The molecule has 16 rings (SSSR count). The Morgan fingerprint density at radius 1 is 0.214 bits per heavy atom. The average Bonchev–Trinajstić information content (AvgIpc) is 1.57. The molecule has 0 saturated carbocycles. The summed E-state index contributed by atoms with van der Waals surface area (Å²) in [6, 6.07) is 130. The van der Waals surface area contributed by atoms with Gasteiger partial charge in [0.2, 0.25) is 0 Å². The molecule has 103 heavy (non-hydrogen) atoms. The van der Waals surface area contributed by atoms with Crippen LogP contribution in [0.4, 0.5) is 68.2 Å². The number of benzene rings is 14. The highest BCUT2D eigenvalue weighted by Gasteiger charge is 2.42. The van der Waals surface area contributed by atoms with E-state index in [0.717, 1.165) is 91.2 Å². The molecule has 0 heterocycles. The third-order valence-electron chi connectivity index (χ3n) is 21.5. The van der Waals surface area contributed by atoms with Gasteiger partial charge in [0.15, 0.2) is 0 Å². The molecular weight excluding hydrogens is 1250 g/mol. The van der Waals surface area contributed by atoms with E-state index in [1.54, 1.807) is 0 Å². The fourth-order valence-electron chi connectivity index (χ4n) is 16.1. The van der Waals surface area contributed by atoms with E-state index in [2.05, 4.69) is 385 Å². The summed E-state index contributed by atoms with van der Waals surface area (Å²) < 4.78 is 0. The maximum Gasteiger partial charge on any atom is 0.0467 e. The third-order valence-corrected chi connectivity index (χ3v) is 21.5. The molecular formula is C99H88N4.